The summed E-state index contributed by atoms with van der Waals surface area (Å²) in [6.45, 7) is 1.85. The van der Waals surface area contributed by atoms with Gasteiger partial charge in [0.25, 0.3) is 0 Å². The van der Waals surface area contributed by atoms with E-state index in [0.717, 1.165) is 11.1 Å². The number of hydrogen-bond acceptors (Lipinski definition) is 3. The Morgan fingerprint density at radius 1 is 1.00 bits per heavy atom. The lowest BCUT2D eigenvalue weighted by molar-refractivity contribution is -0.0669. The van der Waals surface area contributed by atoms with Gasteiger partial charge in [-0.1, -0.05) is 65.8 Å². The van der Waals surface area contributed by atoms with E-state index in [4.69, 9.17) is 4.84 Å². The Labute approximate surface area is 112 Å². The summed E-state index contributed by atoms with van der Waals surface area (Å²) in [5, 5.41) is 14.6. The third-order valence-electron chi connectivity index (χ3n) is 3.53. The van der Waals surface area contributed by atoms with Crippen molar-refractivity contribution in [3.8, 4) is 0 Å². The standard InChI is InChI=1S/C16H15NO2/c1-16(13-10-6-3-7-11-13)15(18)14(17-19-16)12-8-4-2-5-9-12/h2-11,15,18H,1H3. The molecule has 96 valence electrons. The third-order valence-corrected chi connectivity index (χ3v) is 3.53. The third kappa shape index (κ3) is 1.92. The summed E-state index contributed by atoms with van der Waals surface area (Å²) < 4.78 is 0. The normalized spacial score (nSPS) is 25.8. The molecule has 3 heteroatoms. The molecule has 0 aliphatic carbocycles. The molecule has 0 saturated carbocycles. The van der Waals surface area contributed by atoms with E-state index >= 15 is 0 Å². The fraction of sp³-hybridized carbons (Fsp3) is 0.188. The van der Waals surface area contributed by atoms with Crippen LogP contribution >= 0.6 is 0 Å². The molecule has 3 rings (SSSR count). The van der Waals surface area contributed by atoms with Crippen LogP contribution < -0.4 is 0 Å². The molecule has 0 radical (unpaired) electrons. The molecule has 2 aromatic carbocycles. The van der Waals surface area contributed by atoms with Crippen molar-refractivity contribution in [1.29, 1.82) is 0 Å². The van der Waals surface area contributed by atoms with Crippen LogP contribution in [0.1, 0.15) is 18.1 Å². The van der Waals surface area contributed by atoms with Crippen molar-refractivity contribution >= 4 is 5.71 Å². The summed E-state index contributed by atoms with van der Waals surface area (Å²) in [6, 6.07) is 19.3. The first-order valence-corrected chi connectivity index (χ1v) is 6.27. The van der Waals surface area contributed by atoms with Gasteiger partial charge in [0.15, 0.2) is 5.60 Å². The highest BCUT2D eigenvalue weighted by molar-refractivity contribution is 6.05. The maximum atomic E-state index is 10.6. The second kappa shape index (κ2) is 4.52. The van der Waals surface area contributed by atoms with Crippen molar-refractivity contribution in [2.24, 2.45) is 5.16 Å². The first-order chi connectivity index (χ1) is 9.22. The minimum atomic E-state index is -0.827. The van der Waals surface area contributed by atoms with Gasteiger partial charge in [-0.25, -0.2) is 0 Å². The van der Waals surface area contributed by atoms with Gasteiger partial charge in [-0.2, -0.15) is 0 Å². The largest absolute Gasteiger partial charge is 0.382 e. The minimum Gasteiger partial charge on any atom is -0.382 e. The summed E-state index contributed by atoms with van der Waals surface area (Å²) in [5.41, 5.74) is 1.55. The molecule has 0 amide bonds. The van der Waals surface area contributed by atoms with E-state index in [1.807, 2.05) is 67.6 Å². The lowest BCUT2D eigenvalue weighted by Gasteiger charge is -2.26. The zero-order valence-electron chi connectivity index (χ0n) is 10.7. The Morgan fingerprint density at radius 2 is 1.58 bits per heavy atom. The van der Waals surface area contributed by atoms with Crippen molar-refractivity contribution in [2.75, 3.05) is 0 Å². The Hall–Kier alpha value is -2.13. The SMILES string of the molecule is CC1(c2ccccc2)ON=C(c2ccccc2)C1O. The van der Waals surface area contributed by atoms with Crippen molar-refractivity contribution in [2.45, 2.75) is 18.6 Å². The number of nitrogens with zero attached hydrogens (tertiary/aromatic N) is 1. The van der Waals surface area contributed by atoms with Gasteiger partial charge in [0.2, 0.25) is 0 Å². The number of aliphatic hydroxyl groups is 1. The van der Waals surface area contributed by atoms with Gasteiger partial charge < -0.3 is 9.94 Å². The van der Waals surface area contributed by atoms with E-state index in [1.165, 1.54) is 0 Å². The molecule has 19 heavy (non-hydrogen) atoms. The van der Waals surface area contributed by atoms with Gasteiger partial charge in [0.1, 0.15) is 11.8 Å². The zero-order chi connectivity index (χ0) is 13.3. The summed E-state index contributed by atoms with van der Waals surface area (Å²) >= 11 is 0. The second-order valence-electron chi connectivity index (χ2n) is 4.81. The summed E-state index contributed by atoms with van der Waals surface area (Å²) in [6.07, 6.45) is -0.780. The number of rotatable bonds is 2. The Bertz CT molecular complexity index is 595. The van der Waals surface area contributed by atoms with Crippen LogP contribution in [0, 0.1) is 0 Å². The topological polar surface area (TPSA) is 41.8 Å². The molecule has 2 atom stereocenters. The van der Waals surface area contributed by atoms with E-state index in [2.05, 4.69) is 5.16 Å². The van der Waals surface area contributed by atoms with Gasteiger partial charge in [0, 0.05) is 11.1 Å². The van der Waals surface area contributed by atoms with Crippen LogP contribution in [0.5, 0.6) is 0 Å². The van der Waals surface area contributed by atoms with Crippen LogP contribution in [0.2, 0.25) is 0 Å². The quantitative estimate of drug-likeness (QED) is 0.894. The molecule has 0 saturated heterocycles. The molecule has 2 unspecified atom stereocenters. The Balaban J connectivity index is 1.95. The smallest absolute Gasteiger partial charge is 0.191 e. The molecule has 1 heterocycles. The summed E-state index contributed by atoms with van der Waals surface area (Å²) in [7, 11) is 0. The number of hydrogen-bond donors (Lipinski definition) is 1. The summed E-state index contributed by atoms with van der Waals surface area (Å²) in [4.78, 5) is 5.54. The molecule has 0 spiro atoms. The monoisotopic (exact) mass is 253 g/mol. The van der Waals surface area contributed by atoms with Crippen molar-refractivity contribution < 1.29 is 9.94 Å². The van der Waals surface area contributed by atoms with Crippen molar-refractivity contribution in [3.05, 3.63) is 71.8 Å². The molecule has 2 aromatic rings. The highest BCUT2D eigenvalue weighted by Gasteiger charge is 2.45. The van der Waals surface area contributed by atoms with Crippen molar-refractivity contribution in [1.82, 2.24) is 0 Å². The maximum Gasteiger partial charge on any atom is 0.191 e. The van der Waals surface area contributed by atoms with Crippen LogP contribution in [0.4, 0.5) is 0 Å². The molecule has 0 aromatic heterocycles. The van der Waals surface area contributed by atoms with Crippen LogP contribution in [-0.2, 0) is 10.4 Å². The highest BCUT2D eigenvalue weighted by Crippen LogP contribution is 2.36. The highest BCUT2D eigenvalue weighted by atomic mass is 16.7. The van der Waals surface area contributed by atoms with Crippen LogP contribution in [0.15, 0.2) is 65.8 Å². The van der Waals surface area contributed by atoms with E-state index < -0.39 is 11.7 Å². The first-order valence-electron chi connectivity index (χ1n) is 6.27. The van der Waals surface area contributed by atoms with Crippen LogP contribution in [0.3, 0.4) is 0 Å². The molecule has 0 fully saturated rings. The average molecular weight is 253 g/mol. The second-order valence-corrected chi connectivity index (χ2v) is 4.81. The van der Waals surface area contributed by atoms with Crippen molar-refractivity contribution in [3.63, 3.8) is 0 Å². The number of benzene rings is 2. The van der Waals surface area contributed by atoms with E-state index in [1.54, 1.807) is 0 Å². The molecule has 1 aliphatic rings. The molecule has 0 bridgehead atoms. The Morgan fingerprint density at radius 3 is 2.21 bits per heavy atom. The lowest BCUT2D eigenvalue weighted by atomic mass is 9.86. The van der Waals surface area contributed by atoms with Crippen LogP contribution in [0.25, 0.3) is 0 Å². The van der Waals surface area contributed by atoms with E-state index in [0.29, 0.717) is 5.71 Å². The zero-order valence-corrected chi connectivity index (χ0v) is 10.7. The fourth-order valence-electron chi connectivity index (χ4n) is 2.30. The molecule has 1 N–H and O–H groups in total. The van der Waals surface area contributed by atoms with Gasteiger partial charge in [0.05, 0.1) is 0 Å². The number of aliphatic hydroxyl groups excluding tert-OH is 1. The first kappa shape index (κ1) is 11.9. The fourth-order valence-corrected chi connectivity index (χ4v) is 2.30. The minimum absolute atomic E-state index is 0.576. The summed E-state index contributed by atoms with van der Waals surface area (Å²) in [5.74, 6) is 0. The van der Waals surface area contributed by atoms with E-state index in [9.17, 15) is 5.11 Å². The van der Waals surface area contributed by atoms with Gasteiger partial charge in [-0.3, -0.25) is 0 Å². The van der Waals surface area contributed by atoms with Crippen LogP contribution in [-0.4, -0.2) is 16.9 Å². The molecular weight excluding hydrogens is 238 g/mol. The number of oxime groups is 1. The predicted molar refractivity (Wildman–Crippen MR) is 73.9 cm³/mol. The molecular formula is C16H15NO2. The Kier molecular flexibility index (Phi) is 2.84. The maximum absolute atomic E-state index is 10.6. The van der Waals surface area contributed by atoms with Gasteiger partial charge in [-0.05, 0) is 6.92 Å². The van der Waals surface area contributed by atoms with E-state index in [-0.39, 0.29) is 0 Å². The molecule has 1 aliphatic heterocycles. The molecule has 3 nitrogen and oxygen atoms in total. The van der Waals surface area contributed by atoms with Gasteiger partial charge in [-0.15, -0.1) is 0 Å². The lowest BCUT2D eigenvalue weighted by Crippen LogP contribution is -2.38. The van der Waals surface area contributed by atoms with Gasteiger partial charge >= 0.3 is 0 Å². The predicted octanol–water partition coefficient (Wildman–Crippen LogP) is 2.70. The average Bonchev–Trinajstić information content (AvgIpc) is 2.78.